The van der Waals surface area contributed by atoms with Crippen molar-refractivity contribution in [2.45, 2.75) is 6.92 Å². The first-order chi connectivity index (χ1) is 7.24. The van der Waals surface area contributed by atoms with Crippen molar-refractivity contribution in [3.05, 3.63) is 16.3 Å². The lowest BCUT2D eigenvalue weighted by Gasteiger charge is -2.12. The first kappa shape index (κ1) is 10.0. The molecule has 0 bridgehead atoms. The third-order valence-electron chi connectivity index (χ3n) is 2.05. The van der Waals surface area contributed by atoms with Crippen LogP contribution in [0.4, 0.5) is 5.69 Å². The average Bonchev–Trinajstić information content (AvgIpc) is 2.67. The lowest BCUT2D eigenvalue weighted by molar-refractivity contribution is -0.143. The Labute approximate surface area is 90.6 Å². The summed E-state index contributed by atoms with van der Waals surface area (Å²) in [4.78, 5) is 27.8. The third kappa shape index (κ3) is 1.70. The van der Waals surface area contributed by atoms with Gasteiger partial charge in [0.15, 0.2) is 11.7 Å². The number of carbonyl (C=O) groups is 2. The van der Waals surface area contributed by atoms with Crippen molar-refractivity contribution in [2.24, 2.45) is 10.9 Å². The topological polar surface area (TPSA) is 55.7 Å². The Morgan fingerprint density at radius 2 is 2.47 bits per heavy atom. The van der Waals surface area contributed by atoms with Crippen molar-refractivity contribution in [1.29, 1.82) is 0 Å². The molecule has 0 aliphatic carbocycles. The van der Waals surface area contributed by atoms with Gasteiger partial charge in [0.05, 0.1) is 17.2 Å². The molecule has 1 aliphatic rings. The number of hydrogen-bond acceptors (Lipinski definition) is 5. The molecule has 1 unspecified atom stereocenters. The molecule has 0 spiro atoms. The van der Waals surface area contributed by atoms with Crippen LogP contribution in [-0.2, 0) is 9.53 Å². The maximum Gasteiger partial charge on any atom is 0.322 e. The number of ketones is 1. The summed E-state index contributed by atoms with van der Waals surface area (Å²) in [5.41, 5.74) is 0.644. The zero-order chi connectivity index (χ0) is 10.8. The highest BCUT2D eigenvalue weighted by atomic mass is 32.1. The van der Waals surface area contributed by atoms with Crippen LogP contribution in [0.1, 0.15) is 16.6 Å². The number of fused-ring (bicyclic) bond motifs is 1. The Balaban J connectivity index is 2.26. The molecule has 2 rings (SSSR count). The number of ether oxygens (including phenoxy) is 1. The van der Waals surface area contributed by atoms with Gasteiger partial charge in [0, 0.05) is 6.21 Å². The van der Waals surface area contributed by atoms with Crippen LogP contribution in [0.5, 0.6) is 0 Å². The molecule has 2 heterocycles. The fourth-order valence-electron chi connectivity index (χ4n) is 1.35. The number of thiophene rings is 1. The Morgan fingerprint density at radius 1 is 1.67 bits per heavy atom. The first-order valence-electron chi connectivity index (χ1n) is 4.56. The summed E-state index contributed by atoms with van der Waals surface area (Å²) < 4.78 is 4.80. The van der Waals surface area contributed by atoms with Gasteiger partial charge in [-0.25, -0.2) is 0 Å². The van der Waals surface area contributed by atoms with Crippen molar-refractivity contribution in [3.8, 4) is 0 Å². The molecule has 0 saturated heterocycles. The molecule has 0 saturated carbocycles. The largest absolute Gasteiger partial charge is 0.465 e. The predicted molar refractivity (Wildman–Crippen MR) is 56.9 cm³/mol. The lowest BCUT2D eigenvalue weighted by Crippen LogP contribution is -2.28. The van der Waals surface area contributed by atoms with Crippen molar-refractivity contribution in [2.75, 3.05) is 6.61 Å². The van der Waals surface area contributed by atoms with E-state index >= 15 is 0 Å². The van der Waals surface area contributed by atoms with Crippen molar-refractivity contribution in [1.82, 2.24) is 0 Å². The molecule has 1 aromatic heterocycles. The second-order valence-corrected chi connectivity index (χ2v) is 3.92. The van der Waals surface area contributed by atoms with Crippen molar-refractivity contribution in [3.63, 3.8) is 0 Å². The normalized spacial score (nSPS) is 18.7. The second-order valence-electron chi connectivity index (χ2n) is 3.01. The zero-order valence-corrected chi connectivity index (χ0v) is 8.91. The molecule has 78 valence electrons. The summed E-state index contributed by atoms with van der Waals surface area (Å²) in [6, 6.07) is 1.76. The first-order valence-corrected chi connectivity index (χ1v) is 5.44. The summed E-state index contributed by atoms with van der Waals surface area (Å²) >= 11 is 1.30. The standard InChI is InChI=1S/C10H9NO3S/c1-2-14-10(13)6-5-11-7-3-4-15-9(7)8(6)12/h3-6H,2H2,1H3. The monoisotopic (exact) mass is 223 g/mol. The van der Waals surface area contributed by atoms with Crippen molar-refractivity contribution < 1.29 is 14.3 Å². The van der Waals surface area contributed by atoms with Crippen LogP contribution in [0.2, 0.25) is 0 Å². The van der Waals surface area contributed by atoms with Gasteiger partial charge in [0.2, 0.25) is 0 Å². The molecule has 0 aromatic carbocycles. The van der Waals surface area contributed by atoms with Crippen LogP contribution in [-0.4, -0.2) is 24.6 Å². The number of aliphatic imine (C=N–C) groups is 1. The Bertz CT molecular complexity index is 436. The summed E-state index contributed by atoms with van der Waals surface area (Å²) in [5, 5.41) is 1.79. The number of nitrogens with zero attached hydrogens (tertiary/aromatic N) is 1. The Kier molecular flexibility index (Phi) is 2.64. The molecule has 15 heavy (non-hydrogen) atoms. The SMILES string of the molecule is CCOC(=O)C1C=Nc2ccsc2C1=O. The van der Waals surface area contributed by atoms with Gasteiger partial charge in [0.25, 0.3) is 0 Å². The van der Waals surface area contributed by atoms with E-state index in [4.69, 9.17) is 4.74 Å². The second kappa shape index (κ2) is 3.94. The van der Waals surface area contributed by atoms with Crippen LogP contribution in [0.3, 0.4) is 0 Å². The van der Waals surface area contributed by atoms with E-state index in [9.17, 15) is 9.59 Å². The van der Waals surface area contributed by atoms with E-state index in [2.05, 4.69) is 4.99 Å². The molecule has 0 radical (unpaired) electrons. The van der Waals surface area contributed by atoms with E-state index in [1.54, 1.807) is 18.4 Å². The Morgan fingerprint density at radius 3 is 3.20 bits per heavy atom. The highest BCUT2D eigenvalue weighted by Gasteiger charge is 2.32. The number of esters is 1. The van der Waals surface area contributed by atoms with Crippen LogP contribution < -0.4 is 0 Å². The van der Waals surface area contributed by atoms with Gasteiger partial charge in [-0.05, 0) is 18.4 Å². The predicted octanol–water partition coefficient (Wildman–Crippen LogP) is 1.83. The molecule has 1 aromatic rings. The smallest absolute Gasteiger partial charge is 0.322 e. The molecule has 0 fully saturated rings. The quantitative estimate of drug-likeness (QED) is 0.567. The highest BCUT2D eigenvalue weighted by Crippen LogP contribution is 2.31. The van der Waals surface area contributed by atoms with E-state index in [1.807, 2.05) is 0 Å². The molecular formula is C10H9NO3S. The minimum atomic E-state index is -0.865. The van der Waals surface area contributed by atoms with Crippen LogP contribution >= 0.6 is 11.3 Å². The van der Waals surface area contributed by atoms with Gasteiger partial charge in [0.1, 0.15) is 0 Å². The van der Waals surface area contributed by atoms with Gasteiger partial charge >= 0.3 is 5.97 Å². The van der Waals surface area contributed by atoms with E-state index in [0.717, 1.165) is 0 Å². The number of Topliss-reactive ketones (excluding diaryl/α,β-unsaturated/α-hetero) is 1. The average molecular weight is 223 g/mol. The minimum absolute atomic E-state index is 0.214. The van der Waals surface area contributed by atoms with E-state index in [-0.39, 0.29) is 12.4 Å². The van der Waals surface area contributed by atoms with Crippen LogP contribution in [0.15, 0.2) is 16.4 Å². The van der Waals surface area contributed by atoms with E-state index in [1.165, 1.54) is 17.6 Å². The minimum Gasteiger partial charge on any atom is -0.465 e. The number of rotatable bonds is 2. The lowest BCUT2D eigenvalue weighted by atomic mass is 10.0. The summed E-state index contributed by atoms with van der Waals surface area (Å²) in [7, 11) is 0. The maximum absolute atomic E-state index is 11.8. The molecule has 0 amide bonds. The van der Waals surface area contributed by atoms with Gasteiger partial charge in [-0.15, -0.1) is 11.3 Å². The Hall–Kier alpha value is -1.49. The molecule has 5 heteroatoms. The zero-order valence-electron chi connectivity index (χ0n) is 8.10. The molecule has 1 atom stereocenters. The summed E-state index contributed by atoms with van der Waals surface area (Å²) in [5.74, 6) is -1.60. The fourth-order valence-corrected chi connectivity index (χ4v) is 2.17. The highest BCUT2D eigenvalue weighted by molar-refractivity contribution is 7.12. The fraction of sp³-hybridized carbons (Fsp3) is 0.300. The van der Waals surface area contributed by atoms with Gasteiger partial charge in [-0.1, -0.05) is 0 Å². The van der Waals surface area contributed by atoms with Crippen LogP contribution in [0.25, 0.3) is 0 Å². The molecule has 4 nitrogen and oxygen atoms in total. The summed E-state index contributed by atoms with van der Waals surface area (Å²) in [6.07, 6.45) is 1.36. The van der Waals surface area contributed by atoms with E-state index in [0.29, 0.717) is 10.6 Å². The van der Waals surface area contributed by atoms with E-state index < -0.39 is 11.9 Å². The van der Waals surface area contributed by atoms with Crippen molar-refractivity contribution >= 4 is 35.0 Å². The van der Waals surface area contributed by atoms with Gasteiger partial charge in [-0.3, -0.25) is 14.6 Å². The molecule has 1 aliphatic heterocycles. The number of hydrogen-bond donors (Lipinski definition) is 0. The number of carbonyl (C=O) groups excluding carboxylic acids is 2. The maximum atomic E-state index is 11.8. The van der Waals surface area contributed by atoms with Gasteiger partial charge < -0.3 is 4.74 Å². The third-order valence-corrected chi connectivity index (χ3v) is 2.97. The molecular weight excluding hydrogens is 214 g/mol. The summed E-state index contributed by atoms with van der Waals surface area (Å²) in [6.45, 7) is 1.98. The van der Waals surface area contributed by atoms with Gasteiger partial charge in [-0.2, -0.15) is 0 Å². The molecule has 0 N–H and O–H groups in total. The van der Waals surface area contributed by atoms with Crippen LogP contribution in [0, 0.1) is 5.92 Å².